The maximum Gasteiger partial charge on any atom is 0.134 e. The zero-order chi connectivity index (χ0) is 13.2. The van der Waals surface area contributed by atoms with Gasteiger partial charge >= 0.3 is 0 Å². The van der Waals surface area contributed by atoms with Crippen LogP contribution in [-0.4, -0.2) is 6.54 Å². The Kier molecular flexibility index (Phi) is 3.76. The van der Waals surface area contributed by atoms with Crippen molar-refractivity contribution in [1.82, 2.24) is 5.32 Å². The molecule has 0 fully saturated rings. The van der Waals surface area contributed by atoms with Gasteiger partial charge in [-0.2, -0.15) is 0 Å². The van der Waals surface area contributed by atoms with Crippen molar-refractivity contribution >= 4 is 11.0 Å². The monoisotopic (exact) mass is 245 g/mol. The van der Waals surface area contributed by atoms with Crippen LogP contribution in [0.3, 0.4) is 0 Å². The van der Waals surface area contributed by atoms with Gasteiger partial charge < -0.3 is 9.73 Å². The molecule has 1 aromatic heterocycles. The fourth-order valence-corrected chi connectivity index (χ4v) is 2.09. The van der Waals surface area contributed by atoms with Crippen LogP contribution in [0.1, 0.15) is 45.2 Å². The first-order chi connectivity index (χ1) is 8.52. The molecule has 0 atom stereocenters. The molecule has 18 heavy (non-hydrogen) atoms. The summed E-state index contributed by atoms with van der Waals surface area (Å²) in [5.41, 5.74) is 3.77. The van der Waals surface area contributed by atoms with Crippen molar-refractivity contribution < 1.29 is 4.42 Å². The molecule has 2 aromatic rings. The van der Waals surface area contributed by atoms with Crippen LogP contribution in [0.2, 0.25) is 0 Å². The highest BCUT2D eigenvalue weighted by atomic mass is 16.3. The van der Waals surface area contributed by atoms with E-state index in [-0.39, 0.29) is 5.41 Å². The number of fused-ring (bicyclic) bond motifs is 1. The molecule has 0 unspecified atom stereocenters. The second-order valence-electron chi connectivity index (χ2n) is 5.90. The summed E-state index contributed by atoms with van der Waals surface area (Å²) in [6, 6.07) is 6.51. The minimum Gasteiger partial charge on any atom is -0.464 e. The van der Waals surface area contributed by atoms with E-state index in [2.05, 4.69) is 51.2 Å². The summed E-state index contributed by atoms with van der Waals surface area (Å²) in [4.78, 5) is 0. The summed E-state index contributed by atoms with van der Waals surface area (Å²) >= 11 is 0. The molecule has 0 aliphatic rings. The highest BCUT2D eigenvalue weighted by Gasteiger charge is 2.15. The standard InChI is InChI=1S/C16H23NO/c1-5-8-17-10-12-11-18-15-7-6-13(9-14(12)15)16(2,3)4/h6-7,9,11,17H,5,8,10H2,1-4H3. The van der Waals surface area contributed by atoms with Gasteiger partial charge in [-0.05, 0) is 36.1 Å². The summed E-state index contributed by atoms with van der Waals surface area (Å²) in [5, 5.41) is 4.67. The van der Waals surface area contributed by atoms with Gasteiger partial charge in [-0.3, -0.25) is 0 Å². The summed E-state index contributed by atoms with van der Waals surface area (Å²) < 4.78 is 5.61. The van der Waals surface area contributed by atoms with E-state index in [9.17, 15) is 0 Å². The van der Waals surface area contributed by atoms with Gasteiger partial charge in [-0.25, -0.2) is 0 Å². The minimum atomic E-state index is 0.180. The van der Waals surface area contributed by atoms with E-state index in [0.717, 1.165) is 25.1 Å². The van der Waals surface area contributed by atoms with E-state index in [0.29, 0.717) is 0 Å². The van der Waals surface area contributed by atoms with E-state index >= 15 is 0 Å². The minimum absolute atomic E-state index is 0.180. The number of furan rings is 1. The van der Waals surface area contributed by atoms with Gasteiger partial charge in [0, 0.05) is 17.5 Å². The van der Waals surface area contributed by atoms with Crippen LogP contribution in [0.4, 0.5) is 0 Å². The van der Waals surface area contributed by atoms with Gasteiger partial charge in [0.05, 0.1) is 6.26 Å². The molecule has 0 bridgehead atoms. The van der Waals surface area contributed by atoms with Crippen molar-refractivity contribution in [3.63, 3.8) is 0 Å². The van der Waals surface area contributed by atoms with E-state index in [1.807, 2.05) is 6.26 Å². The van der Waals surface area contributed by atoms with Crippen molar-refractivity contribution in [2.24, 2.45) is 0 Å². The molecule has 0 aliphatic carbocycles. The maximum atomic E-state index is 5.61. The number of rotatable bonds is 4. The third-order valence-electron chi connectivity index (χ3n) is 3.26. The van der Waals surface area contributed by atoms with Crippen molar-refractivity contribution in [2.45, 2.75) is 46.1 Å². The number of benzene rings is 1. The Bertz CT molecular complexity index is 519. The predicted octanol–water partition coefficient (Wildman–Crippen LogP) is 4.23. The van der Waals surface area contributed by atoms with E-state index in [1.54, 1.807) is 0 Å². The molecule has 1 heterocycles. The van der Waals surface area contributed by atoms with Gasteiger partial charge in [0.15, 0.2) is 0 Å². The molecule has 1 aromatic carbocycles. The zero-order valence-electron chi connectivity index (χ0n) is 11.8. The Balaban J connectivity index is 2.31. The second kappa shape index (κ2) is 5.15. The lowest BCUT2D eigenvalue weighted by Gasteiger charge is -2.18. The lowest BCUT2D eigenvalue weighted by molar-refractivity contribution is 0.588. The van der Waals surface area contributed by atoms with Gasteiger partial charge in [-0.1, -0.05) is 33.8 Å². The lowest BCUT2D eigenvalue weighted by Crippen LogP contribution is -2.13. The van der Waals surface area contributed by atoms with Crippen molar-refractivity contribution in [3.05, 3.63) is 35.6 Å². The number of nitrogens with one attached hydrogen (secondary N) is 1. The van der Waals surface area contributed by atoms with Crippen LogP contribution in [0.15, 0.2) is 28.9 Å². The molecule has 98 valence electrons. The number of hydrogen-bond acceptors (Lipinski definition) is 2. The molecule has 0 spiro atoms. The van der Waals surface area contributed by atoms with E-state index < -0.39 is 0 Å². The average molecular weight is 245 g/mol. The molecule has 0 saturated carbocycles. The van der Waals surface area contributed by atoms with Gasteiger partial charge in [0.1, 0.15) is 5.58 Å². The smallest absolute Gasteiger partial charge is 0.134 e. The molecule has 2 nitrogen and oxygen atoms in total. The summed E-state index contributed by atoms with van der Waals surface area (Å²) in [7, 11) is 0. The third kappa shape index (κ3) is 2.75. The van der Waals surface area contributed by atoms with Crippen LogP contribution < -0.4 is 5.32 Å². The Morgan fingerprint density at radius 2 is 2.00 bits per heavy atom. The first-order valence-corrected chi connectivity index (χ1v) is 6.73. The summed E-state index contributed by atoms with van der Waals surface area (Å²) in [5.74, 6) is 0. The molecule has 0 radical (unpaired) electrons. The Labute approximate surface area is 109 Å². The Hall–Kier alpha value is -1.28. The van der Waals surface area contributed by atoms with Crippen LogP contribution in [-0.2, 0) is 12.0 Å². The van der Waals surface area contributed by atoms with Crippen LogP contribution >= 0.6 is 0 Å². The predicted molar refractivity (Wildman–Crippen MR) is 76.9 cm³/mol. The van der Waals surface area contributed by atoms with Crippen molar-refractivity contribution in [2.75, 3.05) is 6.54 Å². The van der Waals surface area contributed by atoms with Gasteiger partial charge in [0.25, 0.3) is 0 Å². The van der Waals surface area contributed by atoms with Crippen molar-refractivity contribution in [3.8, 4) is 0 Å². The zero-order valence-corrected chi connectivity index (χ0v) is 11.8. The SMILES string of the molecule is CCCNCc1coc2ccc(C(C)(C)C)cc12. The van der Waals surface area contributed by atoms with E-state index in [4.69, 9.17) is 4.42 Å². The Morgan fingerprint density at radius 3 is 2.67 bits per heavy atom. The molecular formula is C16H23NO. The fourth-order valence-electron chi connectivity index (χ4n) is 2.09. The fraction of sp³-hybridized carbons (Fsp3) is 0.500. The quantitative estimate of drug-likeness (QED) is 0.815. The third-order valence-corrected chi connectivity index (χ3v) is 3.26. The summed E-state index contributed by atoms with van der Waals surface area (Å²) in [6.45, 7) is 10.8. The molecular weight excluding hydrogens is 222 g/mol. The van der Waals surface area contributed by atoms with Gasteiger partial charge in [0.2, 0.25) is 0 Å². The number of hydrogen-bond donors (Lipinski definition) is 1. The highest BCUT2D eigenvalue weighted by molar-refractivity contribution is 5.82. The first-order valence-electron chi connectivity index (χ1n) is 6.73. The maximum absolute atomic E-state index is 5.61. The van der Waals surface area contributed by atoms with E-state index in [1.165, 1.54) is 16.5 Å². The molecule has 1 N–H and O–H groups in total. The summed E-state index contributed by atoms with van der Waals surface area (Å²) in [6.07, 6.45) is 3.03. The normalized spacial score (nSPS) is 12.2. The molecule has 0 amide bonds. The van der Waals surface area contributed by atoms with Crippen molar-refractivity contribution in [1.29, 1.82) is 0 Å². The van der Waals surface area contributed by atoms with Gasteiger partial charge in [-0.15, -0.1) is 0 Å². The molecule has 0 aliphatic heterocycles. The average Bonchev–Trinajstić information content (AvgIpc) is 2.71. The Morgan fingerprint density at radius 1 is 1.22 bits per heavy atom. The first kappa shape index (κ1) is 13.2. The highest BCUT2D eigenvalue weighted by Crippen LogP contribution is 2.28. The lowest BCUT2D eigenvalue weighted by atomic mass is 9.86. The molecule has 2 heteroatoms. The molecule has 2 rings (SSSR count). The van der Waals surface area contributed by atoms with Crippen LogP contribution in [0, 0.1) is 0 Å². The largest absolute Gasteiger partial charge is 0.464 e. The van der Waals surface area contributed by atoms with Crippen LogP contribution in [0.5, 0.6) is 0 Å². The van der Waals surface area contributed by atoms with Crippen LogP contribution in [0.25, 0.3) is 11.0 Å². The molecule has 0 saturated heterocycles. The topological polar surface area (TPSA) is 25.2 Å². The second-order valence-corrected chi connectivity index (χ2v) is 5.90.